The molecule has 0 aliphatic carbocycles. The molecule has 0 aliphatic heterocycles. The highest BCUT2D eigenvalue weighted by molar-refractivity contribution is 5.88. The lowest BCUT2D eigenvalue weighted by Crippen LogP contribution is -1.95. The molecule has 0 unspecified atom stereocenters. The van der Waals surface area contributed by atoms with Crippen LogP contribution in [0.4, 0.5) is 0 Å². The van der Waals surface area contributed by atoms with Gasteiger partial charge in [0.05, 0.1) is 7.11 Å². The average molecular weight is 204 g/mol. The third kappa shape index (κ3) is 3.84. The van der Waals surface area contributed by atoms with Gasteiger partial charge in [-0.25, -0.2) is 4.79 Å². The average Bonchev–Trinajstić information content (AvgIpc) is 2.27. The lowest BCUT2D eigenvalue weighted by atomic mass is 10.1. The van der Waals surface area contributed by atoms with E-state index in [2.05, 4.69) is 16.6 Å². The van der Waals surface area contributed by atoms with E-state index in [1.54, 1.807) is 6.07 Å². The first-order valence-corrected chi connectivity index (χ1v) is 4.56. The molecule has 0 heterocycles. The monoisotopic (exact) mass is 204 g/mol. The Morgan fingerprint density at radius 2 is 2.33 bits per heavy atom. The van der Waals surface area contributed by atoms with Crippen molar-refractivity contribution in [3.8, 4) is 11.8 Å². The number of ether oxygens (including phenoxy) is 1. The van der Waals surface area contributed by atoms with Crippen molar-refractivity contribution < 1.29 is 14.6 Å². The molecule has 0 aromatic heterocycles. The summed E-state index contributed by atoms with van der Waals surface area (Å²) in [4.78, 5) is 10.8. The van der Waals surface area contributed by atoms with E-state index in [9.17, 15) is 4.79 Å². The molecule has 1 N–H and O–H groups in total. The molecule has 3 nitrogen and oxygen atoms in total. The van der Waals surface area contributed by atoms with Crippen LogP contribution < -0.4 is 0 Å². The van der Waals surface area contributed by atoms with Crippen LogP contribution in [0.2, 0.25) is 0 Å². The first kappa shape index (κ1) is 11.3. The van der Waals surface area contributed by atoms with Gasteiger partial charge in [-0.2, -0.15) is 0 Å². The molecule has 0 atom stereocenters. The summed E-state index contributed by atoms with van der Waals surface area (Å²) in [6.45, 7) is 0.105. The zero-order valence-corrected chi connectivity index (χ0v) is 8.49. The van der Waals surface area contributed by atoms with E-state index in [1.807, 2.05) is 18.2 Å². The SMILES string of the molecule is COC(=O)C#Cc1cccc(CCO)c1. The van der Waals surface area contributed by atoms with Gasteiger partial charge in [0.1, 0.15) is 0 Å². The number of benzene rings is 1. The number of carbonyl (C=O) groups is 1. The Bertz CT molecular complexity index is 399. The molecule has 1 aromatic rings. The van der Waals surface area contributed by atoms with E-state index < -0.39 is 5.97 Å². The number of aliphatic hydroxyl groups excluding tert-OH is 1. The summed E-state index contributed by atoms with van der Waals surface area (Å²) in [5.41, 5.74) is 1.74. The Morgan fingerprint density at radius 3 is 3.00 bits per heavy atom. The number of esters is 1. The smallest absolute Gasteiger partial charge is 0.384 e. The molecule has 0 aliphatic rings. The van der Waals surface area contributed by atoms with Crippen LogP contribution in [0, 0.1) is 11.8 Å². The van der Waals surface area contributed by atoms with Gasteiger partial charge >= 0.3 is 5.97 Å². The van der Waals surface area contributed by atoms with Gasteiger partial charge in [-0.1, -0.05) is 18.1 Å². The Labute approximate surface area is 88.7 Å². The summed E-state index contributed by atoms with van der Waals surface area (Å²) in [5.74, 6) is 4.48. The van der Waals surface area contributed by atoms with Gasteiger partial charge < -0.3 is 9.84 Å². The minimum atomic E-state index is -0.553. The summed E-state index contributed by atoms with van der Waals surface area (Å²) >= 11 is 0. The molecule has 0 amide bonds. The van der Waals surface area contributed by atoms with E-state index in [0.717, 1.165) is 11.1 Å². The fraction of sp³-hybridized carbons (Fsp3) is 0.250. The van der Waals surface area contributed by atoms with E-state index in [-0.39, 0.29) is 6.61 Å². The fourth-order valence-electron chi connectivity index (χ4n) is 1.11. The normalized spacial score (nSPS) is 8.93. The number of methoxy groups -OCH3 is 1. The van der Waals surface area contributed by atoms with E-state index in [4.69, 9.17) is 5.11 Å². The zero-order valence-electron chi connectivity index (χ0n) is 8.49. The molecule has 0 fully saturated rings. The highest BCUT2D eigenvalue weighted by Crippen LogP contribution is 2.04. The largest absolute Gasteiger partial charge is 0.459 e. The second kappa shape index (κ2) is 5.84. The van der Waals surface area contributed by atoms with E-state index in [1.165, 1.54) is 7.11 Å². The van der Waals surface area contributed by atoms with Crippen LogP contribution in [0.3, 0.4) is 0 Å². The van der Waals surface area contributed by atoms with Crippen LogP contribution in [0.1, 0.15) is 11.1 Å². The summed E-state index contributed by atoms with van der Waals surface area (Å²) in [6, 6.07) is 7.38. The standard InChI is InChI=1S/C12H12O3/c1-15-12(14)6-5-10-3-2-4-11(9-10)7-8-13/h2-4,9,13H,7-8H2,1H3. The highest BCUT2D eigenvalue weighted by Gasteiger charge is 1.94. The van der Waals surface area contributed by atoms with E-state index in [0.29, 0.717) is 6.42 Å². The lowest BCUT2D eigenvalue weighted by Gasteiger charge is -1.97. The lowest BCUT2D eigenvalue weighted by molar-refractivity contribution is -0.133. The second-order valence-corrected chi connectivity index (χ2v) is 2.92. The maximum atomic E-state index is 10.8. The van der Waals surface area contributed by atoms with Crippen molar-refractivity contribution in [1.29, 1.82) is 0 Å². The van der Waals surface area contributed by atoms with E-state index >= 15 is 0 Å². The summed E-state index contributed by atoms with van der Waals surface area (Å²) < 4.78 is 4.40. The molecule has 1 rings (SSSR count). The molecule has 0 spiro atoms. The maximum absolute atomic E-state index is 10.8. The quantitative estimate of drug-likeness (QED) is 0.571. The molecular weight excluding hydrogens is 192 g/mol. The molecule has 1 aromatic carbocycles. The van der Waals surface area contributed by atoms with Crippen molar-refractivity contribution in [3.63, 3.8) is 0 Å². The molecule has 0 radical (unpaired) electrons. The van der Waals surface area contributed by atoms with Gasteiger partial charge in [0, 0.05) is 18.1 Å². The Hall–Kier alpha value is -1.79. The van der Waals surface area contributed by atoms with Crippen LogP contribution >= 0.6 is 0 Å². The molecule has 3 heteroatoms. The van der Waals surface area contributed by atoms with Crippen LogP contribution in [0.15, 0.2) is 24.3 Å². The van der Waals surface area contributed by atoms with Gasteiger partial charge in [0.2, 0.25) is 0 Å². The Balaban J connectivity index is 2.80. The van der Waals surface area contributed by atoms with Crippen LogP contribution in [0.25, 0.3) is 0 Å². The fourth-order valence-corrected chi connectivity index (χ4v) is 1.11. The molecule has 0 saturated heterocycles. The maximum Gasteiger partial charge on any atom is 0.384 e. The first-order chi connectivity index (χ1) is 7.26. The first-order valence-electron chi connectivity index (χ1n) is 4.56. The predicted octanol–water partition coefficient (Wildman–Crippen LogP) is 0.746. The van der Waals surface area contributed by atoms with Crippen molar-refractivity contribution in [2.75, 3.05) is 13.7 Å². The summed E-state index contributed by atoms with van der Waals surface area (Å²) in [5, 5.41) is 8.76. The molecular formula is C12H12O3. The van der Waals surface area contributed by atoms with Crippen LogP contribution in [-0.2, 0) is 16.0 Å². The van der Waals surface area contributed by atoms with Gasteiger partial charge in [0.25, 0.3) is 0 Å². The van der Waals surface area contributed by atoms with Gasteiger partial charge in [-0.05, 0) is 24.1 Å². The minimum absolute atomic E-state index is 0.105. The highest BCUT2D eigenvalue weighted by atomic mass is 16.5. The third-order valence-electron chi connectivity index (χ3n) is 1.82. The Morgan fingerprint density at radius 1 is 1.53 bits per heavy atom. The molecule has 78 valence electrons. The van der Waals surface area contributed by atoms with Crippen LogP contribution in [0.5, 0.6) is 0 Å². The van der Waals surface area contributed by atoms with Crippen molar-refractivity contribution >= 4 is 5.97 Å². The third-order valence-corrected chi connectivity index (χ3v) is 1.82. The van der Waals surface area contributed by atoms with Crippen molar-refractivity contribution in [2.24, 2.45) is 0 Å². The minimum Gasteiger partial charge on any atom is -0.459 e. The molecule has 15 heavy (non-hydrogen) atoms. The van der Waals surface area contributed by atoms with Gasteiger partial charge in [-0.15, -0.1) is 0 Å². The molecule has 0 bridgehead atoms. The second-order valence-electron chi connectivity index (χ2n) is 2.92. The number of aliphatic hydroxyl groups is 1. The molecule has 0 saturated carbocycles. The number of rotatable bonds is 2. The predicted molar refractivity (Wildman–Crippen MR) is 56.1 cm³/mol. The topological polar surface area (TPSA) is 46.5 Å². The number of carbonyl (C=O) groups excluding carboxylic acids is 1. The zero-order chi connectivity index (χ0) is 11.1. The van der Waals surface area contributed by atoms with Crippen molar-refractivity contribution in [3.05, 3.63) is 35.4 Å². The number of hydrogen-bond donors (Lipinski definition) is 1. The van der Waals surface area contributed by atoms with Crippen LogP contribution in [-0.4, -0.2) is 24.8 Å². The summed E-state index contributed by atoms with van der Waals surface area (Å²) in [6.07, 6.45) is 0.591. The van der Waals surface area contributed by atoms with Crippen molar-refractivity contribution in [2.45, 2.75) is 6.42 Å². The van der Waals surface area contributed by atoms with Crippen molar-refractivity contribution in [1.82, 2.24) is 0 Å². The van der Waals surface area contributed by atoms with Gasteiger partial charge in [0.15, 0.2) is 0 Å². The summed E-state index contributed by atoms with van der Waals surface area (Å²) in [7, 11) is 1.29. The Kier molecular flexibility index (Phi) is 4.39. The van der Waals surface area contributed by atoms with Gasteiger partial charge in [-0.3, -0.25) is 0 Å². The number of hydrogen-bond acceptors (Lipinski definition) is 3.